The lowest BCUT2D eigenvalue weighted by Crippen LogP contribution is -2.08. The van der Waals surface area contributed by atoms with E-state index in [1.807, 2.05) is 30.3 Å². The predicted molar refractivity (Wildman–Crippen MR) is 83.7 cm³/mol. The molecule has 2 rings (SSSR count). The third kappa shape index (κ3) is 4.57. The Hall–Kier alpha value is -2.40. The van der Waals surface area contributed by atoms with Gasteiger partial charge in [-0.25, -0.2) is 8.42 Å². The third-order valence-electron chi connectivity index (χ3n) is 2.76. The first kappa shape index (κ1) is 15.0. The average molecular weight is 301 g/mol. The number of hydrogen-bond acceptors (Lipinski definition) is 3. The second-order valence-electron chi connectivity index (χ2n) is 4.53. The highest BCUT2D eigenvalue weighted by molar-refractivity contribution is 7.90. The predicted octanol–water partition coefficient (Wildman–Crippen LogP) is 2.74. The summed E-state index contributed by atoms with van der Waals surface area (Å²) in [5, 5.41) is 2.63. The van der Waals surface area contributed by atoms with Crippen molar-refractivity contribution in [1.82, 2.24) is 0 Å². The Balaban J connectivity index is 2.08. The number of carbonyl (C=O) groups is 1. The topological polar surface area (TPSA) is 63.2 Å². The van der Waals surface area contributed by atoms with Crippen molar-refractivity contribution in [1.29, 1.82) is 0 Å². The van der Waals surface area contributed by atoms with Gasteiger partial charge in [-0.15, -0.1) is 0 Å². The van der Waals surface area contributed by atoms with Gasteiger partial charge >= 0.3 is 0 Å². The molecule has 0 unspecified atom stereocenters. The van der Waals surface area contributed by atoms with Crippen molar-refractivity contribution in [3.63, 3.8) is 0 Å². The van der Waals surface area contributed by atoms with Crippen molar-refractivity contribution < 1.29 is 13.2 Å². The maximum Gasteiger partial charge on any atom is 0.248 e. The van der Waals surface area contributed by atoms with Crippen LogP contribution in [-0.4, -0.2) is 20.6 Å². The molecule has 4 nitrogen and oxygen atoms in total. The Morgan fingerprint density at radius 3 is 2.43 bits per heavy atom. The van der Waals surface area contributed by atoms with Gasteiger partial charge in [-0.2, -0.15) is 0 Å². The summed E-state index contributed by atoms with van der Waals surface area (Å²) in [5.41, 5.74) is 1.36. The summed E-state index contributed by atoms with van der Waals surface area (Å²) in [4.78, 5) is 12.0. The van der Waals surface area contributed by atoms with E-state index in [0.29, 0.717) is 5.69 Å². The first-order chi connectivity index (χ1) is 9.95. The van der Waals surface area contributed by atoms with Crippen LogP contribution in [0.5, 0.6) is 0 Å². The van der Waals surface area contributed by atoms with Crippen LogP contribution in [0.25, 0.3) is 6.08 Å². The second kappa shape index (κ2) is 6.37. The van der Waals surface area contributed by atoms with E-state index >= 15 is 0 Å². The summed E-state index contributed by atoms with van der Waals surface area (Å²) in [5.74, 6) is -0.315. The molecule has 0 aliphatic carbocycles. The van der Waals surface area contributed by atoms with Crippen LogP contribution in [-0.2, 0) is 14.6 Å². The molecule has 1 N–H and O–H groups in total. The fourth-order valence-electron chi connectivity index (χ4n) is 1.72. The zero-order valence-electron chi connectivity index (χ0n) is 11.5. The van der Waals surface area contributed by atoms with Gasteiger partial charge in [-0.05, 0) is 29.8 Å². The fraction of sp³-hybridized carbons (Fsp3) is 0.0625. The monoisotopic (exact) mass is 301 g/mol. The molecule has 0 fully saturated rings. The number of benzene rings is 2. The lowest BCUT2D eigenvalue weighted by molar-refractivity contribution is -0.111. The van der Waals surface area contributed by atoms with Crippen LogP contribution in [0.4, 0.5) is 5.69 Å². The molecular formula is C16H15NO3S. The Bertz CT molecular complexity index is 765. The Labute approximate surface area is 124 Å². The number of sulfone groups is 1. The molecule has 0 radical (unpaired) electrons. The number of carbonyl (C=O) groups excluding carboxylic acids is 1. The van der Waals surface area contributed by atoms with E-state index in [1.54, 1.807) is 18.2 Å². The first-order valence-electron chi connectivity index (χ1n) is 6.29. The maximum absolute atomic E-state index is 11.8. The summed E-state index contributed by atoms with van der Waals surface area (Å²) in [6, 6.07) is 15.6. The van der Waals surface area contributed by atoms with Gasteiger partial charge in [0.05, 0.1) is 4.90 Å². The maximum atomic E-state index is 11.8. The molecule has 2 aromatic carbocycles. The number of anilines is 1. The molecule has 0 saturated carbocycles. The highest BCUT2D eigenvalue weighted by Crippen LogP contribution is 2.15. The van der Waals surface area contributed by atoms with E-state index in [2.05, 4.69) is 5.32 Å². The molecule has 21 heavy (non-hydrogen) atoms. The van der Waals surface area contributed by atoms with Gasteiger partial charge in [-0.1, -0.05) is 36.4 Å². The molecule has 5 heteroatoms. The van der Waals surface area contributed by atoms with Crippen LogP contribution in [0.2, 0.25) is 0 Å². The van der Waals surface area contributed by atoms with Crippen molar-refractivity contribution in [2.75, 3.05) is 11.6 Å². The van der Waals surface area contributed by atoms with Crippen LogP contribution in [0.1, 0.15) is 5.56 Å². The second-order valence-corrected chi connectivity index (χ2v) is 6.55. The average Bonchev–Trinajstić information content (AvgIpc) is 2.46. The normalized spacial score (nSPS) is 11.5. The molecule has 0 aliphatic heterocycles. The van der Waals surface area contributed by atoms with Crippen molar-refractivity contribution in [3.05, 3.63) is 66.2 Å². The van der Waals surface area contributed by atoms with Gasteiger partial charge in [0.25, 0.3) is 0 Å². The SMILES string of the molecule is CS(=O)(=O)c1cccc(NC(=O)/C=C/c2ccccc2)c1. The van der Waals surface area contributed by atoms with E-state index in [9.17, 15) is 13.2 Å². The summed E-state index contributed by atoms with van der Waals surface area (Å²) in [7, 11) is -3.29. The van der Waals surface area contributed by atoms with Crippen molar-refractivity contribution >= 4 is 27.5 Å². The van der Waals surface area contributed by atoms with E-state index in [1.165, 1.54) is 18.2 Å². The van der Waals surface area contributed by atoms with Gasteiger partial charge in [0.15, 0.2) is 9.84 Å². The molecule has 0 saturated heterocycles. The smallest absolute Gasteiger partial charge is 0.248 e. The van der Waals surface area contributed by atoms with Crippen molar-refractivity contribution in [2.24, 2.45) is 0 Å². The van der Waals surface area contributed by atoms with E-state index in [-0.39, 0.29) is 10.8 Å². The van der Waals surface area contributed by atoms with Crippen LogP contribution < -0.4 is 5.32 Å². The van der Waals surface area contributed by atoms with Crippen molar-refractivity contribution in [2.45, 2.75) is 4.90 Å². The van der Waals surface area contributed by atoms with Crippen LogP contribution in [0, 0.1) is 0 Å². The Morgan fingerprint density at radius 1 is 1.05 bits per heavy atom. The van der Waals surface area contributed by atoms with Crippen molar-refractivity contribution in [3.8, 4) is 0 Å². The van der Waals surface area contributed by atoms with Gasteiger partial charge in [0, 0.05) is 18.0 Å². The number of rotatable bonds is 4. The van der Waals surface area contributed by atoms with Gasteiger partial charge < -0.3 is 5.32 Å². The third-order valence-corrected chi connectivity index (χ3v) is 3.87. The summed E-state index contributed by atoms with van der Waals surface area (Å²) >= 11 is 0. The fourth-order valence-corrected chi connectivity index (χ4v) is 2.39. The quantitative estimate of drug-likeness (QED) is 0.883. The molecule has 0 bridgehead atoms. The zero-order chi connectivity index (χ0) is 15.3. The summed E-state index contributed by atoms with van der Waals surface area (Å²) < 4.78 is 22.9. The standard InChI is InChI=1S/C16H15NO3S/c1-21(19,20)15-9-5-8-14(12-15)17-16(18)11-10-13-6-3-2-4-7-13/h2-12H,1H3,(H,17,18)/b11-10+. The lowest BCUT2D eigenvalue weighted by atomic mass is 10.2. The van der Waals surface area contributed by atoms with Gasteiger partial charge in [0.1, 0.15) is 0 Å². The van der Waals surface area contributed by atoms with Crippen LogP contribution in [0.3, 0.4) is 0 Å². The van der Waals surface area contributed by atoms with E-state index < -0.39 is 9.84 Å². The largest absolute Gasteiger partial charge is 0.322 e. The number of amides is 1. The minimum atomic E-state index is -3.29. The van der Waals surface area contributed by atoms with E-state index in [4.69, 9.17) is 0 Å². The minimum Gasteiger partial charge on any atom is -0.322 e. The summed E-state index contributed by atoms with van der Waals surface area (Å²) in [6.07, 6.45) is 4.22. The van der Waals surface area contributed by atoms with Gasteiger partial charge in [0.2, 0.25) is 5.91 Å². The highest BCUT2D eigenvalue weighted by atomic mass is 32.2. The molecule has 0 heterocycles. The molecular weight excluding hydrogens is 286 g/mol. The number of nitrogens with one attached hydrogen (secondary N) is 1. The molecule has 2 aromatic rings. The Kier molecular flexibility index (Phi) is 4.55. The Morgan fingerprint density at radius 2 is 1.76 bits per heavy atom. The number of hydrogen-bond donors (Lipinski definition) is 1. The first-order valence-corrected chi connectivity index (χ1v) is 8.18. The molecule has 0 atom stereocenters. The molecule has 0 aliphatic rings. The molecule has 1 amide bonds. The highest BCUT2D eigenvalue weighted by Gasteiger charge is 2.07. The van der Waals surface area contributed by atoms with E-state index in [0.717, 1.165) is 11.8 Å². The van der Waals surface area contributed by atoms with Crippen LogP contribution in [0.15, 0.2) is 65.6 Å². The molecule has 0 aromatic heterocycles. The lowest BCUT2D eigenvalue weighted by Gasteiger charge is -2.04. The molecule has 108 valence electrons. The van der Waals surface area contributed by atoms with Crippen LogP contribution >= 0.6 is 0 Å². The zero-order valence-corrected chi connectivity index (χ0v) is 12.3. The minimum absolute atomic E-state index is 0.173. The molecule has 0 spiro atoms. The van der Waals surface area contributed by atoms with Gasteiger partial charge in [-0.3, -0.25) is 4.79 Å². The summed E-state index contributed by atoms with van der Waals surface area (Å²) in [6.45, 7) is 0.